The molecule has 1 aromatic carbocycles. The summed E-state index contributed by atoms with van der Waals surface area (Å²) in [6.45, 7) is 6.00. The number of nitro groups is 1. The van der Waals surface area contributed by atoms with Crippen molar-refractivity contribution >= 4 is 11.6 Å². The van der Waals surface area contributed by atoms with Crippen LogP contribution in [0.3, 0.4) is 0 Å². The van der Waals surface area contributed by atoms with Gasteiger partial charge in [0.25, 0.3) is 5.69 Å². The summed E-state index contributed by atoms with van der Waals surface area (Å²) in [5.74, 6) is 0.0368. The Morgan fingerprint density at radius 1 is 1.38 bits per heavy atom. The highest BCUT2D eigenvalue weighted by Gasteiger charge is 2.22. The van der Waals surface area contributed by atoms with Gasteiger partial charge in [0.1, 0.15) is 0 Å². The number of rotatable bonds is 6. The van der Waals surface area contributed by atoms with Crippen LogP contribution in [-0.4, -0.2) is 41.5 Å². The molecule has 1 amide bonds. The van der Waals surface area contributed by atoms with Crippen molar-refractivity contribution in [1.82, 2.24) is 4.90 Å². The summed E-state index contributed by atoms with van der Waals surface area (Å²) < 4.78 is 5.81. The summed E-state index contributed by atoms with van der Waals surface area (Å²) in [5, 5.41) is 11.0. The van der Waals surface area contributed by atoms with E-state index in [1.165, 1.54) is 6.07 Å². The Bertz CT molecular complexity index is 588. The van der Waals surface area contributed by atoms with Crippen molar-refractivity contribution in [3.8, 4) is 0 Å². The van der Waals surface area contributed by atoms with E-state index in [0.717, 1.165) is 44.4 Å². The average molecular weight is 334 g/mol. The van der Waals surface area contributed by atoms with Gasteiger partial charge in [0.2, 0.25) is 5.91 Å². The first kappa shape index (κ1) is 18.4. The molecule has 6 heteroatoms. The predicted octanol–water partition coefficient (Wildman–Crippen LogP) is 3.25. The van der Waals surface area contributed by atoms with Crippen LogP contribution >= 0.6 is 0 Å². The molecule has 0 saturated carbocycles. The number of likely N-dealkylation sites (tertiary alicyclic amines) is 1. The van der Waals surface area contributed by atoms with Gasteiger partial charge in [-0.2, -0.15) is 0 Å². The van der Waals surface area contributed by atoms with Gasteiger partial charge in [-0.1, -0.05) is 19.1 Å². The molecule has 1 aromatic rings. The Morgan fingerprint density at radius 2 is 2.17 bits per heavy atom. The molecule has 0 N–H and O–H groups in total. The van der Waals surface area contributed by atoms with E-state index >= 15 is 0 Å². The van der Waals surface area contributed by atoms with Gasteiger partial charge in [-0.3, -0.25) is 14.9 Å². The number of nitro benzene ring substituents is 1. The van der Waals surface area contributed by atoms with Crippen LogP contribution in [0.1, 0.15) is 43.7 Å². The molecule has 0 radical (unpaired) electrons. The third-order valence-electron chi connectivity index (χ3n) is 4.54. The van der Waals surface area contributed by atoms with Crippen LogP contribution in [-0.2, 0) is 16.0 Å². The number of hydrogen-bond donors (Lipinski definition) is 0. The molecule has 1 heterocycles. The van der Waals surface area contributed by atoms with Gasteiger partial charge in [-0.15, -0.1) is 0 Å². The van der Waals surface area contributed by atoms with Crippen LogP contribution in [0.15, 0.2) is 18.2 Å². The Hall–Kier alpha value is -1.95. The van der Waals surface area contributed by atoms with Crippen molar-refractivity contribution in [1.29, 1.82) is 0 Å². The van der Waals surface area contributed by atoms with Gasteiger partial charge in [0.05, 0.1) is 17.4 Å². The third kappa shape index (κ3) is 4.77. The third-order valence-corrected chi connectivity index (χ3v) is 4.54. The minimum absolute atomic E-state index is 0.0368. The summed E-state index contributed by atoms with van der Waals surface area (Å²) in [7, 11) is 0. The maximum atomic E-state index is 12.6. The lowest BCUT2D eigenvalue weighted by Gasteiger charge is -2.21. The summed E-state index contributed by atoms with van der Waals surface area (Å²) in [5.41, 5.74) is 1.39. The minimum atomic E-state index is -0.398. The van der Waals surface area contributed by atoms with E-state index in [1.54, 1.807) is 19.1 Å². The molecular weight excluding hydrogens is 308 g/mol. The standard InChI is InChI=1S/C18H26N2O4/c1-3-12-24-16-7-5-10-19(11-9-16)18(21)13-15-6-4-8-17(14(15)2)20(22)23/h4,6,8,16H,3,5,7,9-13H2,1-2H3/t16-/m0/s1. The van der Waals surface area contributed by atoms with E-state index in [4.69, 9.17) is 4.74 Å². The largest absolute Gasteiger partial charge is 0.378 e. The monoisotopic (exact) mass is 334 g/mol. The Balaban J connectivity index is 1.98. The second-order valence-electron chi connectivity index (χ2n) is 6.30. The summed E-state index contributed by atoms with van der Waals surface area (Å²) in [6, 6.07) is 4.92. The fourth-order valence-corrected chi connectivity index (χ4v) is 3.10. The first-order chi connectivity index (χ1) is 11.5. The molecule has 0 aliphatic carbocycles. The molecule has 0 aromatic heterocycles. The van der Waals surface area contributed by atoms with E-state index in [9.17, 15) is 14.9 Å². The van der Waals surface area contributed by atoms with Crippen molar-refractivity contribution in [2.45, 2.75) is 52.1 Å². The Kier molecular flexibility index (Phi) is 6.73. The number of carbonyl (C=O) groups excluding carboxylic acids is 1. The molecule has 1 atom stereocenters. The van der Waals surface area contributed by atoms with Gasteiger partial charge < -0.3 is 9.64 Å². The molecule has 0 spiro atoms. The summed E-state index contributed by atoms with van der Waals surface area (Å²) in [6.07, 6.45) is 4.24. The lowest BCUT2D eigenvalue weighted by atomic mass is 10.0. The first-order valence-corrected chi connectivity index (χ1v) is 8.65. The van der Waals surface area contributed by atoms with E-state index in [1.807, 2.05) is 4.90 Å². The second-order valence-corrected chi connectivity index (χ2v) is 6.30. The van der Waals surface area contributed by atoms with E-state index in [2.05, 4.69) is 6.92 Å². The van der Waals surface area contributed by atoms with Crippen LogP contribution in [0.2, 0.25) is 0 Å². The molecule has 2 rings (SSSR count). The van der Waals surface area contributed by atoms with Gasteiger partial charge in [0, 0.05) is 31.3 Å². The van der Waals surface area contributed by atoms with E-state index in [0.29, 0.717) is 12.1 Å². The van der Waals surface area contributed by atoms with Crippen molar-refractivity contribution in [3.63, 3.8) is 0 Å². The lowest BCUT2D eigenvalue weighted by Crippen LogP contribution is -2.33. The normalized spacial score (nSPS) is 18.2. The quantitative estimate of drug-likeness (QED) is 0.591. The van der Waals surface area contributed by atoms with Crippen LogP contribution < -0.4 is 0 Å². The first-order valence-electron chi connectivity index (χ1n) is 8.65. The zero-order chi connectivity index (χ0) is 17.5. The number of nitrogens with zero attached hydrogens (tertiary/aromatic N) is 2. The highest BCUT2D eigenvalue weighted by molar-refractivity contribution is 5.79. The van der Waals surface area contributed by atoms with Gasteiger partial charge in [-0.05, 0) is 38.2 Å². The summed E-state index contributed by atoms with van der Waals surface area (Å²) in [4.78, 5) is 25.1. The average Bonchev–Trinajstić information content (AvgIpc) is 2.80. The molecule has 24 heavy (non-hydrogen) atoms. The maximum absolute atomic E-state index is 12.6. The number of amides is 1. The van der Waals surface area contributed by atoms with E-state index in [-0.39, 0.29) is 24.1 Å². The SMILES string of the molecule is CCCO[C@H]1CCCN(C(=O)Cc2cccc([N+](=O)[O-])c2C)CC1. The zero-order valence-corrected chi connectivity index (χ0v) is 14.5. The Morgan fingerprint density at radius 3 is 2.88 bits per heavy atom. The van der Waals surface area contributed by atoms with Crippen molar-refractivity contribution in [2.75, 3.05) is 19.7 Å². The fourth-order valence-electron chi connectivity index (χ4n) is 3.10. The molecule has 0 unspecified atom stereocenters. The number of hydrogen-bond acceptors (Lipinski definition) is 4. The van der Waals surface area contributed by atoms with Gasteiger partial charge >= 0.3 is 0 Å². The van der Waals surface area contributed by atoms with Crippen LogP contribution in [0.5, 0.6) is 0 Å². The van der Waals surface area contributed by atoms with Crippen molar-refractivity contribution < 1.29 is 14.5 Å². The summed E-state index contributed by atoms with van der Waals surface area (Å²) >= 11 is 0. The molecule has 132 valence electrons. The maximum Gasteiger partial charge on any atom is 0.272 e. The van der Waals surface area contributed by atoms with E-state index < -0.39 is 4.92 Å². The molecule has 0 bridgehead atoms. The smallest absolute Gasteiger partial charge is 0.272 e. The molecule has 1 fully saturated rings. The molecule has 1 aliphatic rings. The minimum Gasteiger partial charge on any atom is -0.378 e. The second kappa shape index (κ2) is 8.78. The number of benzene rings is 1. The number of carbonyl (C=O) groups is 1. The van der Waals surface area contributed by atoms with Crippen LogP contribution in [0.4, 0.5) is 5.69 Å². The van der Waals surface area contributed by atoms with Crippen LogP contribution in [0, 0.1) is 17.0 Å². The molecule has 1 saturated heterocycles. The number of ether oxygens (including phenoxy) is 1. The zero-order valence-electron chi connectivity index (χ0n) is 14.5. The van der Waals surface area contributed by atoms with Gasteiger partial charge in [-0.25, -0.2) is 0 Å². The predicted molar refractivity (Wildman–Crippen MR) is 92.0 cm³/mol. The topological polar surface area (TPSA) is 72.7 Å². The van der Waals surface area contributed by atoms with Crippen molar-refractivity contribution in [2.24, 2.45) is 0 Å². The molecular formula is C18H26N2O4. The highest BCUT2D eigenvalue weighted by Crippen LogP contribution is 2.22. The lowest BCUT2D eigenvalue weighted by molar-refractivity contribution is -0.385. The fraction of sp³-hybridized carbons (Fsp3) is 0.611. The van der Waals surface area contributed by atoms with Crippen molar-refractivity contribution in [3.05, 3.63) is 39.4 Å². The van der Waals surface area contributed by atoms with Crippen LogP contribution in [0.25, 0.3) is 0 Å². The Labute approximate surface area is 142 Å². The molecule has 6 nitrogen and oxygen atoms in total. The van der Waals surface area contributed by atoms with Gasteiger partial charge in [0.15, 0.2) is 0 Å². The molecule has 1 aliphatic heterocycles. The highest BCUT2D eigenvalue weighted by atomic mass is 16.6.